The second-order valence-electron chi connectivity index (χ2n) is 3.59. The zero-order valence-electron chi connectivity index (χ0n) is 8.64. The molecule has 3 nitrogen and oxygen atoms in total. The lowest BCUT2D eigenvalue weighted by Crippen LogP contribution is -1.97. The van der Waals surface area contributed by atoms with E-state index in [9.17, 15) is 5.11 Å². The Morgan fingerprint density at radius 1 is 1.33 bits per heavy atom. The van der Waals surface area contributed by atoms with E-state index in [1.165, 1.54) is 5.56 Å². The first-order valence-corrected chi connectivity index (χ1v) is 4.88. The minimum absolute atomic E-state index is 0.285. The van der Waals surface area contributed by atoms with Crippen molar-refractivity contribution in [3.05, 3.63) is 48.3 Å². The second-order valence-corrected chi connectivity index (χ2v) is 3.59. The summed E-state index contributed by atoms with van der Waals surface area (Å²) in [5.41, 5.74) is 2.15. The van der Waals surface area contributed by atoms with Gasteiger partial charge in [-0.1, -0.05) is 6.07 Å². The largest absolute Gasteiger partial charge is 0.508 e. The predicted octanol–water partition coefficient (Wildman–Crippen LogP) is 2.34. The lowest BCUT2D eigenvalue weighted by atomic mass is 10.3. The first-order valence-electron chi connectivity index (χ1n) is 4.88. The van der Waals surface area contributed by atoms with Crippen molar-refractivity contribution in [1.82, 2.24) is 4.57 Å². The molecule has 0 aliphatic rings. The Hall–Kier alpha value is -1.90. The van der Waals surface area contributed by atoms with Gasteiger partial charge in [0, 0.05) is 37.7 Å². The molecular weight excluding hydrogens is 188 g/mol. The normalized spacial score (nSPS) is 10.2. The van der Waals surface area contributed by atoms with E-state index in [1.54, 1.807) is 12.1 Å². The summed E-state index contributed by atoms with van der Waals surface area (Å²) in [5, 5.41) is 12.5. The number of aromatic hydroxyl groups is 1. The van der Waals surface area contributed by atoms with Gasteiger partial charge in [-0.2, -0.15) is 0 Å². The van der Waals surface area contributed by atoms with Crippen molar-refractivity contribution in [2.75, 3.05) is 5.32 Å². The average molecular weight is 202 g/mol. The van der Waals surface area contributed by atoms with Crippen molar-refractivity contribution < 1.29 is 5.11 Å². The van der Waals surface area contributed by atoms with Crippen LogP contribution >= 0.6 is 0 Å². The molecule has 0 aliphatic heterocycles. The van der Waals surface area contributed by atoms with Gasteiger partial charge in [0.25, 0.3) is 0 Å². The smallest absolute Gasteiger partial charge is 0.117 e. The molecule has 3 heteroatoms. The number of aromatic nitrogens is 1. The summed E-state index contributed by atoms with van der Waals surface area (Å²) in [7, 11) is 2.00. The molecule has 0 spiro atoms. The maximum absolute atomic E-state index is 9.27. The van der Waals surface area contributed by atoms with Crippen LogP contribution in [0.15, 0.2) is 42.7 Å². The molecule has 0 saturated carbocycles. The first-order chi connectivity index (χ1) is 7.24. The molecule has 0 saturated heterocycles. The Morgan fingerprint density at radius 3 is 2.87 bits per heavy atom. The molecule has 0 fully saturated rings. The highest BCUT2D eigenvalue weighted by molar-refractivity contribution is 5.47. The number of benzene rings is 1. The van der Waals surface area contributed by atoms with Crippen LogP contribution in [0.3, 0.4) is 0 Å². The van der Waals surface area contributed by atoms with Gasteiger partial charge in [0.1, 0.15) is 5.75 Å². The third-order valence-electron chi connectivity index (χ3n) is 2.24. The van der Waals surface area contributed by atoms with Crippen LogP contribution in [-0.4, -0.2) is 9.67 Å². The molecule has 0 radical (unpaired) electrons. The zero-order valence-corrected chi connectivity index (χ0v) is 8.64. The summed E-state index contributed by atoms with van der Waals surface area (Å²) in [4.78, 5) is 0. The van der Waals surface area contributed by atoms with Crippen molar-refractivity contribution in [1.29, 1.82) is 0 Å². The van der Waals surface area contributed by atoms with Crippen molar-refractivity contribution in [3.63, 3.8) is 0 Å². The summed E-state index contributed by atoms with van der Waals surface area (Å²) in [6.07, 6.45) is 4.08. The SMILES string of the molecule is Cn1ccc(CNc2cccc(O)c2)c1. The molecule has 1 aromatic heterocycles. The maximum atomic E-state index is 9.27. The van der Waals surface area contributed by atoms with Gasteiger partial charge >= 0.3 is 0 Å². The van der Waals surface area contributed by atoms with E-state index in [0.717, 1.165) is 12.2 Å². The summed E-state index contributed by atoms with van der Waals surface area (Å²) in [5.74, 6) is 0.285. The van der Waals surface area contributed by atoms with Crippen LogP contribution in [0.4, 0.5) is 5.69 Å². The highest BCUT2D eigenvalue weighted by atomic mass is 16.3. The molecular formula is C12H14N2O. The Bertz CT molecular complexity index is 448. The van der Waals surface area contributed by atoms with E-state index in [-0.39, 0.29) is 5.75 Å². The molecule has 0 aliphatic carbocycles. The molecule has 15 heavy (non-hydrogen) atoms. The lowest BCUT2D eigenvalue weighted by molar-refractivity contribution is 0.475. The highest BCUT2D eigenvalue weighted by Gasteiger charge is 1.96. The van der Waals surface area contributed by atoms with Gasteiger partial charge in [0.15, 0.2) is 0 Å². The standard InChI is InChI=1S/C12H14N2O/c1-14-6-5-10(9-14)8-13-11-3-2-4-12(15)7-11/h2-7,9,13,15H,8H2,1H3. The van der Waals surface area contributed by atoms with Gasteiger partial charge in [-0.3, -0.25) is 0 Å². The van der Waals surface area contributed by atoms with Crippen LogP contribution < -0.4 is 5.32 Å². The summed E-state index contributed by atoms with van der Waals surface area (Å²) in [6.45, 7) is 0.768. The van der Waals surface area contributed by atoms with Crippen LogP contribution in [0.25, 0.3) is 0 Å². The van der Waals surface area contributed by atoms with Gasteiger partial charge in [-0.05, 0) is 23.8 Å². The average Bonchev–Trinajstić information content (AvgIpc) is 2.62. The zero-order chi connectivity index (χ0) is 10.7. The quantitative estimate of drug-likeness (QED) is 0.801. The van der Waals surface area contributed by atoms with Crippen molar-refractivity contribution in [2.45, 2.75) is 6.54 Å². The topological polar surface area (TPSA) is 37.2 Å². The Balaban J connectivity index is 1.99. The molecule has 78 valence electrons. The number of phenolic OH excluding ortho intramolecular Hbond substituents is 1. The summed E-state index contributed by atoms with van der Waals surface area (Å²) in [6, 6.07) is 9.19. The van der Waals surface area contributed by atoms with E-state index in [0.29, 0.717) is 0 Å². The van der Waals surface area contributed by atoms with Crippen LogP contribution in [0.2, 0.25) is 0 Å². The van der Waals surface area contributed by atoms with E-state index in [2.05, 4.69) is 17.6 Å². The van der Waals surface area contributed by atoms with E-state index in [4.69, 9.17) is 0 Å². The monoisotopic (exact) mass is 202 g/mol. The van der Waals surface area contributed by atoms with Crippen LogP contribution in [0.5, 0.6) is 5.75 Å². The molecule has 1 heterocycles. The van der Waals surface area contributed by atoms with E-state index in [1.807, 2.05) is 29.9 Å². The van der Waals surface area contributed by atoms with Crippen LogP contribution in [0.1, 0.15) is 5.56 Å². The minimum Gasteiger partial charge on any atom is -0.508 e. The Kier molecular flexibility index (Phi) is 2.63. The number of aryl methyl sites for hydroxylation is 1. The van der Waals surface area contributed by atoms with Gasteiger partial charge < -0.3 is 15.0 Å². The molecule has 2 aromatic rings. The van der Waals surface area contributed by atoms with E-state index < -0.39 is 0 Å². The fourth-order valence-corrected chi connectivity index (χ4v) is 1.49. The number of hydrogen-bond donors (Lipinski definition) is 2. The molecule has 0 amide bonds. The Labute approximate surface area is 89.0 Å². The number of nitrogens with one attached hydrogen (secondary N) is 1. The van der Waals surface area contributed by atoms with Crippen LogP contribution in [-0.2, 0) is 13.6 Å². The number of nitrogens with zero attached hydrogens (tertiary/aromatic N) is 1. The van der Waals surface area contributed by atoms with Crippen molar-refractivity contribution >= 4 is 5.69 Å². The second kappa shape index (κ2) is 4.09. The summed E-state index contributed by atoms with van der Waals surface area (Å²) < 4.78 is 2.01. The fourth-order valence-electron chi connectivity index (χ4n) is 1.49. The molecule has 2 rings (SSSR count). The third-order valence-corrected chi connectivity index (χ3v) is 2.24. The predicted molar refractivity (Wildman–Crippen MR) is 60.8 cm³/mol. The van der Waals surface area contributed by atoms with Crippen molar-refractivity contribution in [3.8, 4) is 5.75 Å². The molecule has 0 bridgehead atoms. The minimum atomic E-state index is 0.285. The molecule has 0 atom stereocenters. The molecule has 2 N–H and O–H groups in total. The molecule has 1 aromatic carbocycles. The summed E-state index contributed by atoms with van der Waals surface area (Å²) >= 11 is 0. The fraction of sp³-hybridized carbons (Fsp3) is 0.167. The van der Waals surface area contributed by atoms with Crippen LogP contribution in [0, 0.1) is 0 Å². The number of rotatable bonds is 3. The number of hydrogen-bond acceptors (Lipinski definition) is 2. The van der Waals surface area contributed by atoms with Gasteiger partial charge in [0.2, 0.25) is 0 Å². The van der Waals surface area contributed by atoms with E-state index >= 15 is 0 Å². The maximum Gasteiger partial charge on any atom is 0.117 e. The Morgan fingerprint density at radius 2 is 2.20 bits per heavy atom. The number of anilines is 1. The first kappa shape index (κ1) is 9.65. The van der Waals surface area contributed by atoms with Gasteiger partial charge in [-0.25, -0.2) is 0 Å². The molecule has 0 unspecified atom stereocenters. The van der Waals surface area contributed by atoms with Gasteiger partial charge in [-0.15, -0.1) is 0 Å². The number of phenols is 1. The lowest BCUT2D eigenvalue weighted by Gasteiger charge is -2.04. The third kappa shape index (κ3) is 2.53. The van der Waals surface area contributed by atoms with Gasteiger partial charge in [0.05, 0.1) is 0 Å². The highest BCUT2D eigenvalue weighted by Crippen LogP contribution is 2.16. The van der Waals surface area contributed by atoms with Crippen molar-refractivity contribution in [2.24, 2.45) is 7.05 Å².